The summed E-state index contributed by atoms with van der Waals surface area (Å²) >= 11 is 1.50. The molecule has 8 nitrogen and oxygen atoms in total. The van der Waals surface area contributed by atoms with Crippen molar-refractivity contribution >= 4 is 39.3 Å². The van der Waals surface area contributed by atoms with Gasteiger partial charge >= 0.3 is 0 Å². The quantitative estimate of drug-likeness (QED) is 0.129. The largest absolute Gasteiger partial charge is 0.492 e. The van der Waals surface area contributed by atoms with E-state index in [2.05, 4.69) is 5.32 Å². The molecule has 1 N–H and O–H groups in total. The molecule has 0 saturated heterocycles. The van der Waals surface area contributed by atoms with Crippen molar-refractivity contribution in [3.05, 3.63) is 120 Å². The zero-order chi connectivity index (χ0) is 34.7. The van der Waals surface area contributed by atoms with Gasteiger partial charge in [-0.25, -0.2) is 8.42 Å². The maximum atomic E-state index is 14.7. The van der Waals surface area contributed by atoms with E-state index < -0.39 is 28.5 Å². The van der Waals surface area contributed by atoms with Crippen molar-refractivity contribution in [2.24, 2.45) is 0 Å². The van der Waals surface area contributed by atoms with E-state index in [1.165, 1.54) is 16.7 Å². The fourth-order valence-electron chi connectivity index (χ4n) is 5.21. The second kappa shape index (κ2) is 17.2. The maximum absolute atomic E-state index is 14.7. The predicted molar refractivity (Wildman–Crippen MR) is 194 cm³/mol. The molecule has 0 aliphatic heterocycles. The Morgan fingerprint density at radius 1 is 0.854 bits per heavy atom. The third-order valence-corrected chi connectivity index (χ3v) is 10.6. The molecule has 0 aliphatic rings. The highest BCUT2D eigenvalue weighted by Crippen LogP contribution is 2.33. The number of ether oxygens (including phenoxy) is 1. The smallest absolute Gasteiger partial charge is 0.264 e. The molecule has 48 heavy (non-hydrogen) atoms. The Balaban J connectivity index is 1.84. The van der Waals surface area contributed by atoms with E-state index in [1.807, 2.05) is 88.5 Å². The molecule has 0 saturated carbocycles. The highest BCUT2D eigenvalue weighted by Gasteiger charge is 2.35. The van der Waals surface area contributed by atoms with Gasteiger partial charge in [0.15, 0.2) is 0 Å². The fraction of sp³-hybridized carbons (Fsp3) is 0.316. The highest BCUT2D eigenvalue weighted by atomic mass is 32.2. The van der Waals surface area contributed by atoms with Crippen LogP contribution in [0, 0.1) is 6.92 Å². The molecule has 0 aliphatic carbocycles. The normalized spacial score (nSPS) is 12.5. The Labute approximate surface area is 289 Å². The summed E-state index contributed by atoms with van der Waals surface area (Å²) in [6.07, 6.45) is 2.88. The van der Waals surface area contributed by atoms with Gasteiger partial charge in [-0.2, -0.15) is 0 Å². The summed E-state index contributed by atoms with van der Waals surface area (Å²) in [5, 5.41) is 3.07. The van der Waals surface area contributed by atoms with Crippen molar-refractivity contribution < 1.29 is 22.7 Å². The van der Waals surface area contributed by atoms with Gasteiger partial charge in [-0.15, -0.1) is 11.8 Å². The molecule has 254 valence electrons. The first-order valence-corrected chi connectivity index (χ1v) is 18.8. The number of carbonyl (C=O) groups excluding carboxylic acids is 2. The van der Waals surface area contributed by atoms with Gasteiger partial charge in [-0.3, -0.25) is 13.9 Å². The van der Waals surface area contributed by atoms with Crippen LogP contribution in [0.25, 0.3) is 0 Å². The van der Waals surface area contributed by atoms with E-state index in [4.69, 9.17) is 4.74 Å². The first kappa shape index (κ1) is 36.6. The molecule has 0 bridgehead atoms. The van der Waals surface area contributed by atoms with Crippen molar-refractivity contribution in [3.8, 4) is 5.75 Å². The van der Waals surface area contributed by atoms with E-state index in [0.717, 1.165) is 25.9 Å². The highest BCUT2D eigenvalue weighted by molar-refractivity contribution is 7.98. The van der Waals surface area contributed by atoms with E-state index in [9.17, 15) is 18.0 Å². The Morgan fingerprint density at radius 2 is 1.50 bits per heavy atom. The average molecular weight is 688 g/mol. The van der Waals surface area contributed by atoms with Crippen LogP contribution < -0.4 is 14.4 Å². The zero-order valence-corrected chi connectivity index (χ0v) is 29.9. The molecule has 2 amide bonds. The van der Waals surface area contributed by atoms with Crippen LogP contribution in [0.1, 0.15) is 43.9 Å². The number of amides is 2. The number of hydrogen-bond donors (Lipinski definition) is 1. The predicted octanol–water partition coefficient (Wildman–Crippen LogP) is 6.87. The van der Waals surface area contributed by atoms with Crippen LogP contribution in [-0.2, 0) is 32.6 Å². The Bertz CT molecular complexity index is 1750. The summed E-state index contributed by atoms with van der Waals surface area (Å²) < 4.78 is 35.8. The van der Waals surface area contributed by atoms with E-state index in [-0.39, 0.29) is 35.5 Å². The molecule has 0 fully saturated rings. The first-order valence-electron chi connectivity index (χ1n) is 16.1. The summed E-state index contributed by atoms with van der Waals surface area (Å²) in [6, 6.07) is 29.6. The SMILES string of the molecule is CCOc1ccccc1N(CC(=O)N(Cc1ccc(C)cc1)[C@@H](Cc1ccccc1)C(=O)N[C@@H](C)CC)S(=O)(=O)c1ccc(SC)cc1. The van der Waals surface area contributed by atoms with E-state index in [1.54, 1.807) is 48.5 Å². The summed E-state index contributed by atoms with van der Waals surface area (Å²) in [7, 11) is -4.26. The van der Waals surface area contributed by atoms with Crippen molar-refractivity contribution in [3.63, 3.8) is 0 Å². The third-order valence-electron chi connectivity index (χ3n) is 8.11. The van der Waals surface area contributed by atoms with Gasteiger partial charge in [0.05, 0.1) is 17.2 Å². The molecule has 4 aromatic carbocycles. The molecule has 4 aromatic rings. The van der Waals surface area contributed by atoms with Crippen LogP contribution >= 0.6 is 11.8 Å². The number of nitrogens with one attached hydrogen (secondary N) is 1. The minimum absolute atomic E-state index is 0.0415. The number of nitrogens with zero attached hydrogens (tertiary/aromatic N) is 2. The van der Waals surface area contributed by atoms with Crippen LogP contribution in [0.15, 0.2) is 113 Å². The lowest BCUT2D eigenvalue weighted by atomic mass is 10.0. The number of thioether (sulfide) groups is 1. The van der Waals surface area contributed by atoms with Crippen molar-refractivity contribution in [1.82, 2.24) is 10.2 Å². The van der Waals surface area contributed by atoms with Gasteiger partial charge in [0.2, 0.25) is 11.8 Å². The van der Waals surface area contributed by atoms with Crippen molar-refractivity contribution in [2.75, 3.05) is 23.7 Å². The van der Waals surface area contributed by atoms with Gasteiger partial charge < -0.3 is 15.0 Å². The summed E-state index contributed by atoms with van der Waals surface area (Å²) in [5.74, 6) is -0.491. The Morgan fingerprint density at radius 3 is 2.12 bits per heavy atom. The van der Waals surface area contributed by atoms with Crippen LogP contribution in [0.4, 0.5) is 5.69 Å². The van der Waals surface area contributed by atoms with Crippen molar-refractivity contribution in [1.29, 1.82) is 0 Å². The Hall–Kier alpha value is -4.28. The van der Waals surface area contributed by atoms with Gasteiger partial charge in [0, 0.05) is 23.9 Å². The lowest BCUT2D eigenvalue weighted by molar-refractivity contribution is -0.140. The molecule has 0 aromatic heterocycles. The lowest BCUT2D eigenvalue weighted by Crippen LogP contribution is -2.54. The van der Waals surface area contributed by atoms with Gasteiger partial charge in [-0.05, 0) is 81.0 Å². The van der Waals surface area contributed by atoms with Gasteiger partial charge in [-0.1, -0.05) is 79.2 Å². The molecule has 0 radical (unpaired) electrons. The number of rotatable bonds is 16. The monoisotopic (exact) mass is 687 g/mol. The van der Waals surface area contributed by atoms with Gasteiger partial charge in [0.25, 0.3) is 10.0 Å². The molecular weight excluding hydrogens is 643 g/mol. The molecule has 4 rings (SSSR count). The topological polar surface area (TPSA) is 96.0 Å². The molecular formula is C38H45N3O5S2. The van der Waals surface area contributed by atoms with E-state index >= 15 is 0 Å². The van der Waals surface area contributed by atoms with Crippen LogP contribution in [0.2, 0.25) is 0 Å². The molecule has 10 heteroatoms. The number of hydrogen-bond acceptors (Lipinski definition) is 6. The van der Waals surface area contributed by atoms with Crippen molar-refractivity contribution in [2.45, 2.75) is 69.0 Å². The van der Waals surface area contributed by atoms with Gasteiger partial charge in [0.1, 0.15) is 18.3 Å². The van der Waals surface area contributed by atoms with Crippen LogP contribution in [0.5, 0.6) is 5.75 Å². The fourth-order valence-corrected chi connectivity index (χ4v) is 7.05. The van der Waals surface area contributed by atoms with Crippen LogP contribution in [0.3, 0.4) is 0 Å². The minimum Gasteiger partial charge on any atom is -0.492 e. The third kappa shape index (κ3) is 9.41. The Kier molecular flexibility index (Phi) is 13.1. The minimum atomic E-state index is -4.26. The number of aryl methyl sites for hydroxylation is 1. The number of para-hydroxylation sites is 2. The number of sulfonamides is 1. The maximum Gasteiger partial charge on any atom is 0.264 e. The first-order chi connectivity index (χ1) is 23.1. The lowest BCUT2D eigenvalue weighted by Gasteiger charge is -2.34. The molecule has 0 heterocycles. The second-order valence-electron chi connectivity index (χ2n) is 11.6. The molecule has 2 atom stereocenters. The summed E-state index contributed by atoms with van der Waals surface area (Å²) in [5.41, 5.74) is 2.99. The average Bonchev–Trinajstić information content (AvgIpc) is 3.10. The standard InChI is InChI=1S/C38H45N3O5S2/c1-6-29(4)39-38(43)35(25-30-13-9-8-10-14-30)40(26-31-19-17-28(3)18-20-31)37(42)27-41(34-15-11-12-16-36(34)46-7-2)48(44,45)33-23-21-32(47-5)22-24-33/h8-24,29,35H,6-7,25-27H2,1-5H3,(H,39,43)/t29-,35-/m0/s1. The molecule has 0 unspecified atom stereocenters. The second-order valence-corrected chi connectivity index (χ2v) is 14.4. The van der Waals surface area contributed by atoms with Crippen LogP contribution in [-0.4, -0.2) is 56.6 Å². The van der Waals surface area contributed by atoms with E-state index in [0.29, 0.717) is 18.8 Å². The molecule has 0 spiro atoms. The number of carbonyl (C=O) groups is 2. The summed E-state index contributed by atoms with van der Waals surface area (Å²) in [6.45, 7) is 7.56. The number of anilines is 1. The number of benzene rings is 4. The zero-order valence-electron chi connectivity index (χ0n) is 28.3. The summed E-state index contributed by atoms with van der Waals surface area (Å²) in [4.78, 5) is 31.2.